The van der Waals surface area contributed by atoms with Gasteiger partial charge in [0.1, 0.15) is 0 Å². The number of hydrogen-bond acceptors (Lipinski definition) is 3. The van der Waals surface area contributed by atoms with E-state index in [9.17, 15) is 0 Å². The van der Waals surface area contributed by atoms with Crippen molar-refractivity contribution in [2.45, 2.75) is 130 Å². The van der Waals surface area contributed by atoms with Crippen LogP contribution < -0.4 is 21.2 Å². The van der Waals surface area contributed by atoms with Crippen LogP contribution in [-0.2, 0) is 28.4 Å². The second-order valence-electron chi connectivity index (χ2n) is 20.6. The standard InChI is InChI=1S/C55H72OP2S2/c1-41(2)20-19-21-42(3)49-33-37-55(6)51-31-30-43-40-44(32-36-53(43,4)50(51)34-38-54(49,55)5)56-39-35-52(57(59,45-22-11-7-12-23-45)46-24-13-8-14-25-46)58(60,47-26-15-9-16-27-47)48-28-17-10-18-29-48/h7-18,22-30,41-42,44,49-52H,19-21,31-40H2,1-6H3/t42-,44+,49-,50+,51?,53+,54-,55+/m1/s1. The third kappa shape index (κ3) is 7.91. The first-order chi connectivity index (χ1) is 28.9. The molecule has 4 aromatic carbocycles. The van der Waals surface area contributed by atoms with Crippen molar-refractivity contribution >= 4 is 56.9 Å². The topological polar surface area (TPSA) is 9.23 Å². The second-order valence-corrected chi connectivity index (χ2v) is 30.4. The number of allylic oxidation sites excluding steroid dienone is 1. The lowest BCUT2D eigenvalue weighted by Crippen LogP contribution is -2.55. The van der Waals surface area contributed by atoms with E-state index in [0.29, 0.717) is 22.9 Å². The Balaban J connectivity index is 1.05. The summed E-state index contributed by atoms with van der Waals surface area (Å²) in [5, 5.41) is 5.05. The Kier molecular flexibility index (Phi) is 13.5. The largest absolute Gasteiger partial charge is 0.378 e. The molecule has 60 heavy (non-hydrogen) atoms. The van der Waals surface area contributed by atoms with E-state index in [0.717, 1.165) is 48.9 Å². The maximum Gasteiger partial charge on any atom is 0.0612 e. The van der Waals surface area contributed by atoms with Gasteiger partial charge in [-0.2, -0.15) is 0 Å². The molecule has 3 saturated carbocycles. The zero-order valence-electron chi connectivity index (χ0n) is 37.5. The highest BCUT2D eigenvalue weighted by Gasteiger charge is 2.64. The van der Waals surface area contributed by atoms with Crippen LogP contribution in [0.3, 0.4) is 0 Å². The van der Waals surface area contributed by atoms with E-state index in [1.54, 1.807) is 5.57 Å². The summed E-state index contributed by atoms with van der Waals surface area (Å²) < 4.78 is 7.17. The highest BCUT2D eigenvalue weighted by atomic mass is 32.5. The molecular weight excluding hydrogens is 803 g/mol. The zero-order valence-corrected chi connectivity index (χ0v) is 40.9. The number of fused-ring (bicyclic) bond motifs is 5. The number of hydrogen-bond donors (Lipinski definition) is 0. The fourth-order valence-electron chi connectivity index (χ4n) is 13.7. The lowest BCUT2D eigenvalue weighted by atomic mass is 9.42. The molecule has 1 unspecified atom stereocenters. The van der Waals surface area contributed by atoms with E-state index in [-0.39, 0.29) is 11.5 Å². The molecule has 0 saturated heterocycles. The van der Waals surface area contributed by atoms with E-state index in [1.807, 2.05) is 0 Å². The molecule has 8 rings (SSSR count). The van der Waals surface area contributed by atoms with Crippen molar-refractivity contribution in [3.8, 4) is 0 Å². The molecule has 4 aromatic rings. The Morgan fingerprint density at radius 2 is 1.10 bits per heavy atom. The summed E-state index contributed by atoms with van der Waals surface area (Å²) in [5.74, 6) is 4.13. The minimum atomic E-state index is -2.46. The smallest absolute Gasteiger partial charge is 0.0612 e. The van der Waals surface area contributed by atoms with Gasteiger partial charge < -0.3 is 4.74 Å². The molecule has 1 nitrogen and oxygen atoms in total. The summed E-state index contributed by atoms with van der Waals surface area (Å²) in [6.45, 7) is 16.2. The van der Waals surface area contributed by atoms with Crippen LogP contribution in [0.1, 0.15) is 119 Å². The lowest BCUT2D eigenvalue weighted by Gasteiger charge is -2.63. The Hall–Kier alpha value is -2.12. The fraction of sp³-hybridized carbons (Fsp3) is 0.527. The molecular formula is C55H72OP2S2. The van der Waals surface area contributed by atoms with Crippen molar-refractivity contribution in [1.82, 2.24) is 0 Å². The third-order valence-corrected chi connectivity index (χ3v) is 30.8. The summed E-state index contributed by atoms with van der Waals surface area (Å²) in [6, 6.07) is 39.0. The summed E-state index contributed by atoms with van der Waals surface area (Å²) in [5.41, 5.74) is 2.90. The molecule has 0 heterocycles. The number of benzene rings is 4. The quantitative estimate of drug-likeness (QED) is 0.0870. The molecule has 0 N–H and O–H groups in total. The normalized spacial score (nSPS) is 29.7. The van der Waals surface area contributed by atoms with Crippen molar-refractivity contribution in [3.63, 3.8) is 0 Å². The maximum atomic E-state index is 7.23. The molecule has 320 valence electrons. The summed E-state index contributed by atoms with van der Waals surface area (Å²) in [4.78, 5) is 0. The van der Waals surface area contributed by atoms with Gasteiger partial charge in [0.15, 0.2) is 0 Å². The SMILES string of the molecule is CC(C)CCC[C@@H](C)[C@H]1CC[C@@]2(C)C3CC=C4C[C@@H](OCCC(P(=S)(c5ccccc5)c5ccccc5)P(=S)(c5ccccc5)c5ccccc5)CC[C@]4(C)[C@H]3CC[C@]12C. The van der Waals surface area contributed by atoms with Crippen molar-refractivity contribution in [2.75, 3.05) is 6.61 Å². The van der Waals surface area contributed by atoms with Crippen molar-refractivity contribution in [2.24, 2.45) is 45.8 Å². The second kappa shape index (κ2) is 18.2. The lowest BCUT2D eigenvalue weighted by molar-refractivity contribution is -0.116. The van der Waals surface area contributed by atoms with Crippen molar-refractivity contribution < 1.29 is 4.74 Å². The van der Waals surface area contributed by atoms with Gasteiger partial charge in [-0.3, -0.25) is 0 Å². The van der Waals surface area contributed by atoms with E-state index < -0.39 is 12.1 Å². The maximum absolute atomic E-state index is 7.23. The predicted molar refractivity (Wildman–Crippen MR) is 269 cm³/mol. The van der Waals surface area contributed by atoms with E-state index in [4.69, 9.17) is 28.4 Å². The van der Waals surface area contributed by atoms with Gasteiger partial charge >= 0.3 is 0 Å². The zero-order chi connectivity index (χ0) is 42.2. The summed E-state index contributed by atoms with van der Waals surface area (Å²) >= 11 is 14.5. The van der Waals surface area contributed by atoms with Gasteiger partial charge in [0, 0.05) is 24.1 Å². The first kappa shape index (κ1) is 44.5. The highest BCUT2D eigenvalue weighted by molar-refractivity contribution is 8.32. The molecule has 0 amide bonds. The summed E-state index contributed by atoms with van der Waals surface area (Å²) in [6.07, 6.45) is 18.4. The van der Waals surface area contributed by atoms with Crippen LogP contribution >= 0.6 is 12.1 Å². The minimum Gasteiger partial charge on any atom is -0.378 e. The molecule has 8 atom stereocenters. The monoisotopic (exact) mass is 874 g/mol. The van der Waals surface area contributed by atoms with Crippen LogP contribution in [0.15, 0.2) is 133 Å². The average molecular weight is 875 g/mol. The van der Waals surface area contributed by atoms with Crippen molar-refractivity contribution in [3.05, 3.63) is 133 Å². The molecule has 0 bridgehead atoms. The van der Waals surface area contributed by atoms with Crippen LogP contribution in [0.4, 0.5) is 0 Å². The predicted octanol–water partition coefficient (Wildman–Crippen LogP) is 13.8. The molecule has 4 aliphatic carbocycles. The van der Waals surface area contributed by atoms with Gasteiger partial charge in [-0.25, -0.2) is 0 Å². The third-order valence-electron chi connectivity index (χ3n) is 17.2. The van der Waals surface area contributed by atoms with Gasteiger partial charge in [-0.15, -0.1) is 0 Å². The molecule has 4 aliphatic rings. The Bertz CT molecular complexity index is 1990. The van der Waals surface area contributed by atoms with Gasteiger partial charge in [0.25, 0.3) is 0 Å². The number of ether oxygens (including phenoxy) is 1. The fourth-order valence-corrected chi connectivity index (χ4v) is 27.7. The van der Waals surface area contributed by atoms with Gasteiger partial charge in [0.05, 0.1) is 6.10 Å². The Morgan fingerprint density at radius 1 is 0.600 bits per heavy atom. The van der Waals surface area contributed by atoms with Gasteiger partial charge in [-0.1, -0.05) is 217 Å². The summed E-state index contributed by atoms with van der Waals surface area (Å²) in [7, 11) is 0. The van der Waals surface area contributed by atoms with E-state index >= 15 is 0 Å². The van der Waals surface area contributed by atoms with Gasteiger partial charge in [0.2, 0.25) is 0 Å². The molecule has 5 heteroatoms. The van der Waals surface area contributed by atoms with Crippen LogP contribution in [0.2, 0.25) is 0 Å². The molecule has 0 aromatic heterocycles. The van der Waals surface area contributed by atoms with Crippen LogP contribution in [0.25, 0.3) is 0 Å². The Morgan fingerprint density at radius 3 is 1.60 bits per heavy atom. The first-order valence-corrected chi connectivity index (χ1v) is 29.3. The first-order valence-electron chi connectivity index (χ1n) is 23.6. The molecule has 0 radical (unpaired) electrons. The molecule has 3 fully saturated rings. The van der Waals surface area contributed by atoms with Crippen LogP contribution in [0, 0.1) is 45.8 Å². The average Bonchev–Trinajstić information content (AvgIpc) is 3.56. The molecule has 0 spiro atoms. The molecule has 0 aliphatic heterocycles. The van der Waals surface area contributed by atoms with E-state index in [2.05, 4.69) is 169 Å². The number of rotatable bonds is 15. The van der Waals surface area contributed by atoms with Gasteiger partial charge in [-0.05, 0) is 125 Å². The van der Waals surface area contributed by atoms with Crippen LogP contribution in [0.5, 0.6) is 0 Å². The van der Waals surface area contributed by atoms with E-state index in [1.165, 1.54) is 79.0 Å². The van der Waals surface area contributed by atoms with Crippen LogP contribution in [-0.4, -0.2) is 18.1 Å². The Labute approximate surface area is 375 Å². The highest BCUT2D eigenvalue weighted by Crippen LogP contribution is 2.73. The van der Waals surface area contributed by atoms with Crippen molar-refractivity contribution in [1.29, 1.82) is 0 Å². The minimum absolute atomic E-state index is 0.0542.